The minimum atomic E-state index is 0.107. The van der Waals surface area contributed by atoms with Crippen molar-refractivity contribution in [2.24, 2.45) is 5.73 Å². The average molecular weight is 226 g/mol. The molecular formula is C15H18N2. The Morgan fingerprint density at radius 2 is 1.94 bits per heavy atom. The third-order valence-electron chi connectivity index (χ3n) is 3.10. The second-order valence-electron chi connectivity index (χ2n) is 4.36. The van der Waals surface area contributed by atoms with E-state index < -0.39 is 0 Å². The third kappa shape index (κ3) is 3.14. The first kappa shape index (κ1) is 11.8. The van der Waals surface area contributed by atoms with Crippen LogP contribution in [-0.4, -0.2) is 4.98 Å². The van der Waals surface area contributed by atoms with E-state index in [9.17, 15) is 0 Å². The molecule has 1 unspecified atom stereocenters. The first-order chi connectivity index (χ1) is 8.27. The Morgan fingerprint density at radius 1 is 1.18 bits per heavy atom. The van der Waals surface area contributed by atoms with Gasteiger partial charge in [-0.2, -0.15) is 0 Å². The van der Waals surface area contributed by atoms with Gasteiger partial charge in [0.2, 0.25) is 0 Å². The van der Waals surface area contributed by atoms with Crippen LogP contribution in [0.3, 0.4) is 0 Å². The summed E-state index contributed by atoms with van der Waals surface area (Å²) in [5, 5.41) is 0. The van der Waals surface area contributed by atoms with Crippen LogP contribution in [0.25, 0.3) is 0 Å². The van der Waals surface area contributed by atoms with E-state index in [-0.39, 0.29) is 6.04 Å². The van der Waals surface area contributed by atoms with E-state index in [0.29, 0.717) is 0 Å². The van der Waals surface area contributed by atoms with Crippen molar-refractivity contribution in [1.29, 1.82) is 0 Å². The number of pyridine rings is 1. The van der Waals surface area contributed by atoms with Crippen LogP contribution in [0, 0.1) is 6.92 Å². The van der Waals surface area contributed by atoms with Gasteiger partial charge in [0.1, 0.15) is 0 Å². The van der Waals surface area contributed by atoms with Crippen LogP contribution in [-0.2, 0) is 6.42 Å². The lowest BCUT2D eigenvalue weighted by Crippen LogP contribution is -2.11. The van der Waals surface area contributed by atoms with Crippen molar-refractivity contribution >= 4 is 0 Å². The molecule has 0 fully saturated rings. The first-order valence-corrected chi connectivity index (χ1v) is 5.97. The van der Waals surface area contributed by atoms with Gasteiger partial charge in [0.15, 0.2) is 0 Å². The van der Waals surface area contributed by atoms with Crippen molar-refractivity contribution in [2.45, 2.75) is 25.8 Å². The van der Waals surface area contributed by atoms with Gasteiger partial charge in [0.05, 0.1) is 0 Å². The molecule has 2 nitrogen and oxygen atoms in total. The maximum Gasteiger partial charge on any atom is 0.0302 e. The zero-order valence-electron chi connectivity index (χ0n) is 10.1. The van der Waals surface area contributed by atoms with E-state index in [1.165, 1.54) is 16.7 Å². The Morgan fingerprint density at radius 3 is 2.65 bits per heavy atom. The summed E-state index contributed by atoms with van der Waals surface area (Å²) < 4.78 is 0. The van der Waals surface area contributed by atoms with Gasteiger partial charge in [-0.25, -0.2) is 0 Å². The van der Waals surface area contributed by atoms with Gasteiger partial charge < -0.3 is 5.73 Å². The van der Waals surface area contributed by atoms with Crippen LogP contribution in [0.15, 0.2) is 48.8 Å². The van der Waals surface area contributed by atoms with Crippen LogP contribution in [0.5, 0.6) is 0 Å². The van der Waals surface area contributed by atoms with Gasteiger partial charge in [-0.3, -0.25) is 4.98 Å². The molecule has 0 bridgehead atoms. The molecule has 2 aromatic rings. The maximum atomic E-state index is 6.17. The molecule has 0 aliphatic rings. The molecule has 2 N–H and O–H groups in total. The highest BCUT2D eigenvalue weighted by atomic mass is 14.6. The quantitative estimate of drug-likeness (QED) is 0.870. The predicted molar refractivity (Wildman–Crippen MR) is 70.7 cm³/mol. The van der Waals surface area contributed by atoms with Crippen molar-refractivity contribution in [2.75, 3.05) is 0 Å². The molecule has 0 radical (unpaired) electrons. The summed E-state index contributed by atoms with van der Waals surface area (Å²) in [5.74, 6) is 0. The summed E-state index contributed by atoms with van der Waals surface area (Å²) in [6.45, 7) is 2.12. The number of hydrogen-bond donors (Lipinski definition) is 1. The van der Waals surface area contributed by atoms with Crippen LogP contribution in [0.1, 0.15) is 29.2 Å². The first-order valence-electron chi connectivity index (χ1n) is 5.97. The number of aromatic nitrogens is 1. The molecule has 1 atom stereocenters. The number of rotatable bonds is 4. The lowest BCUT2D eigenvalue weighted by atomic mass is 9.99. The molecule has 88 valence electrons. The smallest absolute Gasteiger partial charge is 0.0302 e. The second-order valence-corrected chi connectivity index (χ2v) is 4.36. The van der Waals surface area contributed by atoms with Crippen molar-refractivity contribution in [3.63, 3.8) is 0 Å². The maximum absolute atomic E-state index is 6.17. The number of aryl methyl sites for hydroxylation is 2. The fraction of sp³-hybridized carbons (Fsp3) is 0.267. The van der Waals surface area contributed by atoms with E-state index >= 15 is 0 Å². The van der Waals surface area contributed by atoms with E-state index in [2.05, 4.69) is 24.0 Å². The Bertz CT molecular complexity index is 465. The molecule has 0 saturated carbocycles. The fourth-order valence-corrected chi connectivity index (χ4v) is 1.94. The zero-order chi connectivity index (χ0) is 12.1. The molecule has 17 heavy (non-hydrogen) atoms. The SMILES string of the molecule is Cc1ccncc1CCC(N)c1ccccc1. The van der Waals surface area contributed by atoms with Gasteiger partial charge in [-0.1, -0.05) is 30.3 Å². The minimum Gasteiger partial charge on any atom is -0.324 e. The van der Waals surface area contributed by atoms with Gasteiger partial charge in [-0.05, 0) is 42.5 Å². The van der Waals surface area contributed by atoms with E-state index in [4.69, 9.17) is 5.73 Å². The summed E-state index contributed by atoms with van der Waals surface area (Å²) in [6, 6.07) is 12.4. The second kappa shape index (κ2) is 5.60. The number of nitrogens with two attached hydrogens (primary N) is 1. The molecule has 1 aromatic carbocycles. The molecule has 0 aliphatic carbocycles. The summed E-state index contributed by atoms with van der Waals surface area (Å²) in [7, 11) is 0. The molecule has 1 aromatic heterocycles. The van der Waals surface area contributed by atoms with Gasteiger partial charge in [-0.15, -0.1) is 0 Å². The summed E-state index contributed by atoms with van der Waals surface area (Å²) in [4.78, 5) is 4.16. The summed E-state index contributed by atoms with van der Waals surface area (Å²) in [5.41, 5.74) is 9.96. The molecule has 2 rings (SSSR count). The number of nitrogens with zero attached hydrogens (tertiary/aromatic N) is 1. The number of benzene rings is 1. The highest BCUT2D eigenvalue weighted by Gasteiger charge is 2.06. The molecule has 2 heteroatoms. The Labute approximate surface area is 103 Å². The highest BCUT2D eigenvalue weighted by Crippen LogP contribution is 2.17. The zero-order valence-corrected chi connectivity index (χ0v) is 10.1. The standard InChI is InChI=1S/C15H18N2/c1-12-9-10-17-11-14(12)7-8-15(16)13-5-3-2-4-6-13/h2-6,9-11,15H,7-8,16H2,1H3. The number of hydrogen-bond acceptors (Lipinski definition) is 2. The fourth-order valence-electron chi connectivity index (χ4n) is 1.94. The van der Waals surface area contributed by atoms with Crippen molar-refractivity contribution in [3.05, 3.63) is 65.5 Å². The normalized spacial score (nSPS) is 12.4. The minimum absolute atomic E-state index is 0.107. The topological polar surface area (TPSA) is 38.9 Å². The summed E-state index contributed by atoms with van der Waals surface area (Å²) in [6.07, 6.45) is 5.70. The molecular weight excluding hydrogens is 208 g/mol. The van der Waals surface area contributed by atoms with Crippen molar-refractivity contribution in [1.82, 2.24) is 4.98 Å². The monoisotopic (exact) mass is 226 g/mol. The Balaban J connectivity index is 1.97. The lowest BCUT2D eigenvalue weighted by molar-refractivity contribution is 0.649. The molecule has 0 spiro atoms. The van der Waals surface area contributed by atoms with E-state index in [1.54, 1.807) is 0 Å². The van der Waals surface area contributed by atoms with E-state index in [1.807, 2.05) is 36.7 Å². The van der Waals surface area contributed by atoms with Gasteiger partial charge in [0.25, 0.3) is 0 Å². The van der Waals surface area contributed by atoms with E-state index in [0.717, 1.165) is 12.8 Å². The predicted octanol–water partition coefficient (Wildman–Crippen LogP) is 3.02. The highest BCUT2D eigenvalue weighted by molar-refractivity contribution is 5.23. The Hall–Kier alpha value is -1.67. The van der Waals surface area contributed by atoms with Crippen LogP contribution < -0.4 is 5.73 Å². The van der Waals surface area contributed by atoms with Gasteiger partial charge >= 0.3 is 0 Å². The molecule has 1 heterocycles. The average Bonchev–Trinajstić information content (AvgIpc) is 2.38. The summed E-state index contributed by atoms with van der Waals surface area (Å²) >= 11 is 0. The van der Waals surface area contributed by atoms with Crippen LogP contribution in [0.2, 0.25) is 0 Å². The lowest BCUT2D eigenvalue weighted by Gasteiger charge is -2.12. The largest absolute Gasteiger partial charge is 0.324 e. The van der Waals surface area contributed by atoms with Crippen LogP contribution >= 0.6 is 0 Å². The van der Waals surface area contributed by atoms with Gasteiger partial charge in [0, 0.05) is 18.4 Å². The Kier molecular flexibility index (Phi) is 3.89. The van der Waals surface area contributed by atoms with Crippen molar-refractivity contribution < 1.29 is 0 Å². The van der Waals surface area contributed by atoms with Crippen molar-refractivity contribution in [3.8, 4) is 0 Å². The molecule has 0 amide bonds. The third-order valence-corrected chi connectivity index (χ3v) is 3.10. The molecule has 0 aliphatic heterocycles. The van der Waals surface area contributed by atoms with Crippen LogP contribution in [0.4, 0.5) is 0 Å². The molecule has 0 saturated heterocycles.